The molecule has 0 bridgehead atoms. The maximum atomic E-state index is 10.3. The van der Waals surface area contributed by atoms with Crippen LogP contribution in [0, 0.1) is 0 Å². The lowest BCUT2D eigenvalue weighted by atomic mass is 10.2. The Morgan fingerprint density at radius 3 is 2.82 bits per heavy atom. The number of hydrogen-bond donors (Lipinski definition) is 1. The van der Waals surface area contributed by atoms with Crippen LogP contribution in [0.3, 0.4) is 0 Å². The van der Waals surface area contributed by atoms with Crippen molar-refractivity contribution in [2.75, 3.05) is 13.6 Å². The number of carboxylic acid groups (broad SMARTS) is 1. The topological polar surface area (TPSA) is 58.4 Å². The Morgan fingerprint density at radius 1 is 1.47 bits per heavy atom. The highest BCUT2D eigenvalue weighted by molar-refractivity contribution is 5.66. The Balaban J connectivity index is 2.11. The monoisotopic (exact) mass is 239 g/mol. The Hall–Kier alpha value is -1.36. The van der Waals surface area contributed by atoms with E-state index in [1.807, 2.05) is 17.8 Å². The van der Waals surface area contributed by atoms with E-state index in [2.05, 4.69) is 16.9 Å². The quantitative estimate of drug-likeness (QED) is 0.698. The molecule has 0 atom stereocenters. The van der Waals surface area contributed by atoms with Gasteiger partial charge in [0.25, 0.3) is 0 Å². The van der Waals surface area contributed by atoms with Gasteiger partial charge in [-0.05, 0) is 26.4 Å². The van der Waals surface area contributed by atoms with E-state index in [-0.39, 0.29) is 6.42 Å². The minimum atomic E-state index is -0.702. The molecule has 0 spiro atoms. The molecular weight excluding hydrogens is 218 g/mol. The number of aryl methyl sites for hydroxylation is 1. The second-order valence-corrected chi connectivity index (χ2v) is 4.40. The van der Waals surface area contributed by atoms with Gasteiger partial charge in [0.15, 0.2) is 0 Å². The van der Waals surface area contributed by atoms with Crippen molar-refractivity contribution in [3.05, 3.63) is 18.2 Å². The maximum Gasteiger partial charge on any atom is 0.303 e. The molecule has 0 aliphatic rings. The average molecular weight is 239 g/mol. The summed E-state index contributed by atoms with van der Waals surface area (Å²) in [6.07, 6.45) is 6.80. The van der Waals surface area contributed by atoms with Gasteiger partial charge in [-0.15, -0.1) is 0 Å². The van der Waals surface area contributed by atoms with E-state index in [1.165, 1.54) is 0 Å². The van der Waals surface area contributed by atoms with Gasteiger partial charge in [0.05, 0.1) is 6.54 Å². The van der Waals surface area contributed by atoms with E-state index in [4.69, 9.17) is 5.11 Å². The van der Waals surface area contributed by atoms with Crippen molar-refractivity contribution in [2.45, 2.75) is 32.2 Å². The molecule has 5 nitrogen and oxygen atoms in total. The van der Waals surface area contributed by atoms with Crippen LogP contribution in [0.2, 0.25) is 0 Å². The number of imidazole rings is 1. The zero-order chi connectivity index (χ0) is 12.7. The third-order valence-corrected chi connectivity index (χ3v) is 2.76. The molecule has 0 aliphatic carbocycles. The Labute approximate surface area is 102 Å². The molecule has 17 heavy (non-hydrogen) atoms. The van der Waals surface area contributed by atoms with Crippen molar-refractivity contribution in [2.24, 2.45) is 7.05 Å². The predicted octanol–water partition coefficient (Wildman–Crippen LogP) is 1.50. The maximum absolute atomic E-state index is 10.3. The molecule has 0 saturated heterocycles. The van der Waals surface area contributed by atoms with Crippen LogP contribution in [0.4, 0.5) is 0 Å². The smallest absolute Gasteiger partial charge is 0.303 e. The van der Waals surface area contributed by atoms with Gasteiger partial charge in [0.2, 0.25) is 0 Å². The van der Waals surface area contributed by atoms with Crippen molar-refractivity contribution in [3.63, 3.8) is 0 Å². The zero-order valence-corrected chi connectivity index (χ0v) is 10.6. The first-order valence-electron chi connectivity index (χ1n) is 5.96. The van der Waals surface area contributed by atoms with Gasteiger partial charge in [-0.1, -0.05) is 6.42 Å². The van der Waals surface area contributed by atoms with Gasteiger partial charge in [-0.3, -0.25) is 9.69 Å². The van der Waals surface area contributed by atoms with Crippen molar-refractivity contribution in [1.29, 1.82) is 0 Å². The number of carbonyl (C=O) groups is 1. The minimum absolute atomic E-state index is 0.281. The number of hydrogen-bond acceptors (Lipinski definition) is 3. The number of nitrogens with zero attached hydrogens (tertiary/aromatic N) is 3. The second kappa shape index (κ2) is 7.06. The van der Waals surface area contributed by atoms with Gasteiger partial charge in [0.1, 0.15) is 5.82 Å². The molecule has 1 rings (SSSR count). The number of aliphatic carboxylic acids is 1. The fraction of sp³-hybridized carbons (Fsp3) is 0.667. The van der Waals surface area contributed by atoms with Crippen LogP contribution in [-0.4, -0.2) is 39.1 Å². The van der Waals surface area contributed by atoms with Gasteiger partial charge >= 0.3 is 5.97 Å². The van der Waals surface area contributed by atoms with Crippen LogP contribution >= 0.6 is 0 Å². The summed E-state index contributed by atoms with van der Waals surface area (Å²) in [6, 6.07) is 0. The normalized spacial score (nSPS) is 11.0. The molecule has 0 amide bonds. The van der Waals surface area contributed by atoms with Crippen LogP contribution < -0.4 is 0 Å². The first kappa shape index (κ1) is 13.7. The SMILES string of the molecule is CN(CCCCCC(=O)O)Cc1nccn1C. The molecule has 0 radical (unpaired) electrons. The summed E-state index contributed by atoms with van der Waals surface area (Å²) in [5.74, 6) is 0.351. The molecule has 1 heterocycles. The molecule has 0 aromatic carbocycles. The highest BCUT2D eigenvalue weighted by Crippen LogP contribution is 2.04. The van der Waals surface area contributed by atoms with Crippen LogP contribution in [0.5, 0.6) is 0 Å². The van der Waals surface area contributed by atoms with E-state index in [9.17, 15) is 4.79 Å². The molecule has 96 valence electrons. The van der Waals surface area contributed by atoms with E-state index in [0.717, 1.165) is 38.2 Å². The van der Waals surface area contributed by atoms with Crippen LogP contribution in [0.1, 0.15) is 31.5 Å². The third-order valence-electron chi connectivity index (χ3n) is 2.76. The highest BCUT2D eigenvalue weighted by atomic mass is 16.4. The highest BCUT2D eigenvalue weighted by Gasteiger charge is 2.04. The van der Waals surface area contributed by atoms with Crippen LogP contribution in [-0.2, 0) is 18.4 Å². The number of rotatable bonds is 8. The summed E-state index contributed by atoms with van der Waals surface area (Å²) in [6.45, 7) is 1.81. The summed E-state index contributed by atoms with van der Waals surface area (Å²) in [5.41, 5.74) is 0. The second-order valence-electron chi connectivity index (χ2n) is 4.40. The average Bonchev–Trinajstić information content (AvgIpc) is 2.63. The fourth-order valence-electron chi connectivity index (χ4n) is 1.70. The molecule has 1 aromatic heterocycles. The molecule has 0 saturated carbocycles. The molecule has 1 N–H and O–H groups in total. The molecule has 1 aromatic rings. The predicted molar refractivity (Wildman–Crippen MR) is 65.6 cm³/mol. The van der Waals surface area contributed by atoms with Gasteiger partial charge in [-0.25, -0.2) is 4.98 Å². The van der Waals surface area contributed by atoms with Crippen LogP contribution in [0.25, 0.3) is 0 Å². The van der Waals surface area contributed by atoms with E-state index < -0.39 is 5.97 Å². The lowest BCUT2D eigenvalue weighted by Crippen LogP contribution is -2.21. The summed E-state index contributed by atoms with van der Waals surface area (Å²) in [4.78, 5) is 16.8. The van der Waals surface area contributed by atoms with E-state index in [1.54, 1.807) is 6.20 Å². The number of carboxylic acids is 1. The summed E-state index contributed by atoms with van der Waals surface area (Å²) < 4.78 is 2.01. The molecule has 0 aliphatic heterocycles. The summed E-state index contributed by atoms with van der Waals surface area (Å²) >= 11 is 0. The zero-order valence-electron chi connectivity index (χ0n) is 10.6. The van der Waals surface area contributed by atoms with Gasteiger partial charge in [0, 0.05) is 25.9 Å². The summed E-state index contributed by atoms with van der Waals surface area (Å²) in [5, 5.41) is 8.50. The third kappa shape index (κ3) is 5.49. The first-order valence-corrected chi connectivity index (χ1v) is 5.96. The standard InChI is InChI=1S/C12H21N3O2/c1-14(8-5-3-4-6-12(16)17)10-11-13-7-9-15(11)2/h7,9H,3-6,8,10H2,1-2H3,(H,16,17). The van der Waals surface area contributed by atoms with Crippen molar-refractivity contribution in [3.8, 4) is 0 Å². The van der Waals surface area contributed by atoms with Crippen LogP contribution in [0.15, 0.2) is 12.4 Å². The van der Waals surface area contributed by atoms with Gasteiger partial charge in [-0.2, -0.15) is 0 Å². The number of aromatic nitrogens is 2. The Kier molecular flexibility index (Phi) is 5.69. The minimum Gasteiger partial charge on any atom is -0.481 e. The first-order chi connectivity index (χ1) is 8.09. The number of unbranched alkanes of at least 4 members (excludes halogenated alkanes) is 2. The van der Waals surface area contributed by atoms with Gasteiger partial charge < -0.3 is 9.67 Å². The Morgan fingerprint density at radius 2 is 2.24 bits per heavy atom. The lowest BCUT2D eigenvalue weighted by Gasteiger charge is -2.15. The summed E-state index contributed by atoms with van der Waals surface area (Å²) in [7, 11) is 4.05. The molecule has 0 unspecified atom stereocenters. The molecule has 0 fully saturated rings. The largest absolute Gasteiger partial charge is 0.481 e. The molecular formula is C12H21N3O2. The van der Waals surface area contributed by atoms with E-state index >= 15 is 0 Å². The van der Waals surface area contributed by atoms with Crippen molar-refractivity contribution >= 4 is 5.97 Å². The molecule has 5 heteroatoms. The van der Waals surface area contributed by atoms with E-state index in [0.29, 0.717) is 0 Å². The van der Waals surface area contributed by atoms with Crippen molar-refractivity contribution < 1.29 is 9.90 Å². The van der Waals surface area contributed by atoms with Crippen molar-refractivity contribution in [1.82, 2.24) is 14.5 Å². The lowest BCUT2D eigenvalue weighted by molar-refractivity contribution is -0.137. The Bertz CT molecular complexity index is 349. The fourth-order valence-corrected chi connectivity index (χ4v) is 1.70.